The zero-order valence-corrected chi connectivity index (χ0v) is 14.7. The van der Waals surface area contributed by atoms with E-state index in [-0.39, 0.29) is 29.1 Å². The van der Waals surface area contributed by atoms with Gasteiger partial charge in [-0.2, -0.15) is 5.10 Å². The van der Waals surface area contributed by atoms with Crippen molar-refractivity contribution in [3.05, 3.63) is 57.1 Å². The molecule has 0 radical (unpaired) electrons. The van der Waals surface area contributed by atoms with Gasteiger partial charge in [0.2, 0.25) is 0 Å². The summed E-state index contributed by atoms with van der Waals surface area (Å²) in [4.78, 5) is 26.8. The van der Waals surface area contributed by atoms with Gasteiger partial charge in [0, 0.05) is 31.8 Å². The first-order chi connectivity index (χ1) is 12.8. The average molecular weight is 374 g/mol. The van der Waals surface area contributed by atoms with Crippen LogP contribution in [0.15, 0.2) is 23.0 Å². The van der Waals surface area contributed by atoms with E-state index in [4.69, 9.17) is 0 Å². The molecule has 1 aromatic carbocycles. The fourth-order valence-electron chi connectivity index (χ4n) is 3.48. The number of fused-ring (bicyclic) bond motifs is 3. The van der Waals surface area contributed by atoms with E-state index in [2.05, 4.69) is 5.10 Å². The number of hydrogen-bond donors (Lipinski definition) is 1. The molecule has 0 spiro atoms. The van der Waals surface area contributed by atoms with Crippen LogP contribution < -0.4 is 5.56 Å². The molecule has 2 aromatic heterocycles. The van der Waals surface area contributed by atoms with Crippen molar-refractivity contribution in [1.29, 1.82) is 0 Å². The number of aryl methyl sites for hydroxylation is 1. The van der Waals surface area contributed by atoms with E-state index in [0.717, 1.165) is 16.8 Å². The standard InChI is InChI=1S/C18H16F2N4O3/c1-9-14-13(16(25)15-18(27)22(2)5-6-23(14)15)17(26)24(21-9)8-10-3-4-11(19)7-12(10)20/h3-4,7,25H,5-6,8H2,1-2H3. The largest absolute Gasteiger partial charge is 0.505 e. The fourth-order valence-corrected chi connectivity index (χ4v) is 3.48. The highest BCUT2D eigenvalue weighted by Crippen LogP contribution is 2.33. The van der Waals surface area contributed by atoms with Crippen LogP contribution in [0.3, 0.4) is 0 Å². The maximum Gasteiger partial charge on any atom is 0.280 e. The Morgan fingerprint density at radius 1 is 1.22 bits per heavy atom. The van der Waals surface area contributed by atoms with Crippen molar-refractivity contribution >= 4 is 16.8 Å². The van der Waals surface area contributed by atoms with Crippen LogP contribution in [0, 0.1) is 18.6 Å². The number of nitrogens with zero attached hydrogens (tertiary/aromatic N) is 4. The van der Waals surface area contributed by atoms with Crippen LogP contribution in [0.2, 0.25) is 0 Å². The van der Waals surface area contributed by atoms with E-state index >= 15 is 0 Å². The molecule has 140 valence electrons. The van der Waals surface area contributed by atoms with E-state index < -0.39 is 22.9 Å². The maximum atomic E-state index is 14.0. The van der Waals surface area contributed by atoms with Crippen molar-refractivity contribution in [2.24, 2.45) is 0 Å². The van der Waals surface area contributed by atoms with Gasteiger partial charge < -0.3 is 14.6 Å². The zero-order chi connectivity index (χ0) is 19.5. The minimum atomic E-state index is -0.793. The van der Waals surface area contributed by atoms with Gasteiger partial charge in [-0.05, 0) is 13.0 Å². The first-order valence-corrected chi connectivity index (χ1v) is 8.32. The lowest BCUT2D eigenvalue weighted by molar-refractivity contribution is 0.0747. The van der Waals surface area contributed by atoms with Crippen molar-refractivity contribution in [1.82, 2.24) is 19.2 Å². The third-order valence-electron chi connectivity index (χ3n) is 4.84. The number of likely N-dealkylation sites (N-methyl/N-ethyl adjacent to an activating group) is 1. The number of halogens is 2. The van der Waals surface area contributed by atoms with Gasteiger partial charge >= 0.3 is 0 Å². The molecule has 0 bridgehead atoms. The summed E-state index contributed by atoms with van der Waals surface area (Å²) >= 11 is 0. The Morgan fingerprint density at radius 3 is 2.67 bits per heavy atom. The molecule has 1 aliphatic heterocycles. The molecule has 3 heterocycles. The van der Waals surface area contributed by atoms with Crippen LogP contribution in [0.5, 0.6) is 5.75 Å². The summed E-state index contributed by atoms with van der Waals surface area (Å²) in [6, 6.07) is 3.06. The Bertz CT molecular complexity index is 1170. The summed E-state index contributed by atoms with van der Waals surface area (Å²) in [5, 5.41) is 14.8. The lowest BCUT2D eigenvalue weighted by atomic mass is 10.2. The highest BCUT2D eigenvalue weighted by molar-refractivity contribution is 6.04. The molecule has 0 saturated carbocycles. The summed E-state index contributed by atoms with van der Waals surface area (Å²) < 4.78 is 29.7. The monoisotopic (exact) mass is 374 g/mol. The van der Waals surface area contributed by atoms with Gasteiger partial charge in [-0.15, -0.1) is 0 Å². The Balaban J connectivity index is 1.93. The van der Waals surface area contributed by atoms with Crippen molar-refractivity contribution in [3.63, 3.8) is 0 Å². The molecule has 1 N–H and O–H groups in total. The molecular formula is C18H16F2N4O3. The number of carbonyl (C=O) groups excluding carboxylic acids is 1. The van der Waals surface area contributed by atoms with Gasteiger partial charge in [-0.1, -0.05) is 6.07 Å². The Labute approximate surface area is 152 Å². The summed E-state index contributed by atoms with van der Waals surface area (Å²) in [6.07, 6.45) is 0. The van der Waals surface area contributed by atoms with Gasteiger partial charge in [0.15, 0.2) is 11.4 Å². The van der Waals surface area contributed by atoms with Gasteiger partial charge in [0.25, 0.3) is 11.5 Å². The van der Waals surface area contributed by atoms with Crippen LogP contribution in [-0.2, 0) is 13.1 Å². The van der Waals surface area contributed by atoms with Gasteiger partial charge in [0.05, 0.1) is 17.8 Å². The highest BCUT2D eigenvalue weighted by atomic mass is 19.1. The molecule has 0 atom stereocenters. The van der Waals surface area contributed by atoms with Crippen LogP contribution in [-0.4, -0.2) is 43.9 Å². The summed E-state index contributed by atoms with van der Waals surface area (Å²) in [5.74, 6) is -2.29. The molecule has 3 aromatic rings. The Kier molecular flexibility index (Phi) is 3.76. The molecular weight excluding hydrogens is 358 g/mol. The summed E-state index contributed by atoms with van der Waals surface area (Å²) in [6.45, 7) is 2.29. The predicted octanol–water partition coefficient (Wildman–Crippen LogP) is 1.62. The molecule has 0 saturated heterocycles. The first kappa shape index (κ1) is 17.2. The van der Waals surface area contributed by atoms with Crippen LogP contribution >= 0.6 is 0 Å². The minimum Gasteiger partial charge on any atom is -0.505 e. The van der Waals surface area contributed by atoms with Crippen molar-refractivity contribution in [3.8, 4) is 5.75 Å². The topological polar surface area (TPSA) is 80.4 Å². The van der Waals surface area contributed by atoms with E-state index in [1.807, 2.05) is 0 Å². The fraction of sp³-hybridized carbons (Fsp3) is 0.278. The van der Waals surface area contributed by atoms with E-state index in [1.54, 1.807) is 18.5 Å². The number of carbonyl (C=O) groups is 1. The molecule has 0 aliphatic carbocycles. The molecule has 1 amide bonds. The van der Waals surface area contributed by atoms with Crippen LogP contribution in [0.25, 0.3) is 10.9 Å². The van der Waals surface area contributed by atoms with Gasteiger partial charge in [-0.25, -0.2) is 13.5 Å². The molecule has 27 heavy (non-hydrogen) atoms. The highest BCUT2D eigenvalue weighted by Gasteiger charge is 2.32. The third-order valence-corrected chi connectivity index (χ3v) is 4.84. The normalized spacial score (nSPS) is 14.1. The molecule has 9 heteroatoms. The summed E-state index contributed by atoms with van der Waals surface area (Å²) in [5.41, 5.74) is 0.306. The number of rotatable bonds is 2. The number of aromatic nitrogens is 3. The zero-order valence-electron chi connectivity index (χ0n) is 14.7. The summed E-state index contributed by atoms with van der Waals surface area (Å²) in [7, 11) is 1.61. The second-order valence-electron chi connectivity index (χ2n) is 6.58. The Morgan fingerprint density at radius 2 is 1.96 bits per heavy atom. The molecule has 0 unspecified atom stereocenters. The van der Waals surface area contributed by atoms with Gasteiger partial charge in [0.1, 0.15) is 17.0 Å². The smallest absolute Gasteiger partial charge is 0.280 e. The minimum absolute atomic E-state index is 0.0244. The lowest BCUT2D eigenvalue weighted by Crippen LogP contribution is -2.37. The lowest BCUT2D eigenvalue weighted by Gasteiger charge is -2.25. The third kappa shape index (κ3) is 2.49. The van der Waals surface area contributed by atoms with Crippen molar-refractivity contribution in [2.45, 2.75) is 20.0 Å². The number of amides is 1. The molecule has 7 nitrogen and oxygen atoms in total. The number of hydrogen-bond acceptors (Lipinski definition) is 4. The van der Waals surface area contributed by atoms with Crippen LogP contribution in [0.4, 0.5) is 8.78 Å². The quantitative estimate of drug-likeness (QED) is 0.739. The van der Waals surface area contributed by atoms with E-state index in [0.29, 0.717) is 24.3 Å². The molecule has 1 aliphatic rings. The van der Waals surface area contributed by atoms with Gasteiger partial charge in [-0.3, -0.25) is 9.59 Å². The predicted molar refractivity (Wildman–Crippen MR) is 92.8 cm³/mol. The molecule has 0 fully saturated rings. The van der Waals surface area contributed by atoms with Crippen molar-refractivity contribution in [2.75, 3.05) is 13.6 Å². The van der Waals surface area contributed by atoms with E-state index in [9.17, 15) is 23.5 Å². The SMILES string of the molecule is Cc1nn(Cc2ccc(F)cc2F)c(=O)c2c(O)c3n(c12)CCN(C)C3=O. The molecule has 4 rings (SSSR count). The van der Waals surface area contributed by atoms with E-state index in [1.165, 1.54) is 11.0 Å². The second kappa shape index (κ2) is 5.90. The first-order valence-electron chi connectivity index (χ1n) is 8.32. The number of aromatic hydroxyl groups is 1. The van der Waals surface area contributed by atoms with Crippen LogP contribution in [0.1, 0.15) is 21.7 Å². The average Bonchev–Trinajstić information content (AvgIpc) is 2.92. The van der Waals surface area contributed by atoms with Crippen molar-refractivity contribution < 1.29 is 18.7 Å². The number of benzene rings is 1. The Hall–Kier alpha value is -3.23. The maximum absolute atomic E-state index is 14.0. The second-order valence-corrected chi connectivity index (χ2v) is 6.58.